The van der Waals surface area contributed by atoms with E-state index >= 15 is 0 Å². The summed E-state index contributed by atoms with van der Waals surface area (Å²) in [6.45, 7) is 3.60. The summed E-state index contributed by atoms with van der Waals surface area (Å²) in [7, 11) is 0. The van der Waals surface area contributed by atoms with Crippen LogP contribution in [0.1, 0.15) is 32.6 Å². The van der Waals surface area contributed by atoms with E-state index in [-0.39, 0.29) is 0 Å². The third-order valence-corrected chi connectivity index (χ3v) is 2.35. The normalized spacial score (nSPS) is 10.0. The molecule has 0 aliphatic carbocycles. The number of hydrogen-bond acceptors (Lipinski definition) is 1. The molecular weight excluding hydrogens is 270 g/mol. The first kappa shape index (κ1) is 11.7. The van der Waals surface area contributed by atoms with Crippen LogP contribution in [0.25, 0.3) is 0 Å². The number of rotatable bonds is 5. The summed E-state index contributed by atoms with van der Waals surface area (Å²) in [4.78, 5) is 0. The topological polar surface area (TPSA) is 9.23 Å². The maximum Gasteiger partial charge on any atom is 0.0793 e. The van der Waals surface area contributed by atoms with Gasteiger partial charge in [0.1, 0.15) is 0 Å². The predicted octanol–water partition coefficient (Wildman–Crippen LogP) is 3.53. The zero-order valence-corrected chi connectivity index (χ0v) is 9.98. The number of hydrogen-bond donors (Lipinski definition) is 0. The molecule has 0 saturated heterocycles. The molecule has 0 saturated carbocycles. The van der Waals surface area contributed by atoms with Crippen LogP contribution in [-0.4, -0.2) is 6.61 Å². The van der Waals surface area contributed by atoms with Gasteiger partial charge in [0.25, 0.3) is 0 Å². The minimum absolute atomic E-state index is 0.592. The molecule has 64 valence electrons. The van der Waals surface area contributed by atoms with Gasteiger partial charge in [-0.1, -0.05) is 6.92 Å². The highest BCUT2D eigenvalue weighted by atomic mass is 127. The second kappa shape index (κ2) is 10.7. The summed E-state index contributed by atoms with van der Waals surface area (Å²) >= 11 is 2.23. The minimum atomic E-state index is 0.592. The van der Waals surface area contributed by atoms with Crippen LogP contribution in [-0.2, 0) is 4.52 Å². The zero-order valence-electron chi connectivity index (χ0n) is 6.82. The molecule has 0 amide bonds. The van der Waals surface area contributed by atoms with Gasteiger partial charge in [0.2, 0.25) is 0 Å². The Morgan fingerprint density at radius 3 is 2.73 bits per heavy atom. The highest BCUT2D eigenvalue weighted by Gasteiger charge is 1.82. The van der Waals surface area contributed by atoms with E-state index in [9.17, 15) is 0 Å². The predicted molar refractivity (Wildman–Crippen MR) is 60.2 cm³/mol. The van der Waals surface area contributed by atoms with Crippen molar-refractivity contribution in [1.82, 2.24) is 0 Å². The van der Waals surface area contributed by atoms with Crippen molar-refractivity contribution in [1.29, 1.82) is 0 Å². The Bertz CT molecular complexity index is 128. The third-order valence-electron chi connectivity index (χ3n) is 1.10. The standard InChI is InChI=1S/C8H14IOP/c1-2-3-4-5-6-7-8-10-11-9/h11H,2-3,6-8H2,1H3. The highest BCUT2D eigenvalue weighted by Crippen LogP contribution is 2.21. The van der Waals surface area contributed by atoms with Gasteiger partial charge in [-0.2, -0.15) is 0 Å². The lowest BCUT2D eigenvalue weighted by molar-refractivity contribution is 0.364. The molecule has 0 aromatic heterocycles. The van der Waals surface area contributed by atoms with E-state index in [1.54, 1.807) is 0 Å². The molecule has 0 bridgehead atoms. The summed E-state index contributed by atoms with van der Waals surface area (Å²) in [6, 6.07) is 0. The van der Waals surface area contributed by atoms with Crippen molar-refractivity contribution < 1.29 is 4.52 Å². The van der Waals surface area contributed by atoms with E-state index in [0.717, 1.165) is 25.9 Å². The first-order chi connectivity index (χ1) is 5.41. The zero-order chi connectivity index (χ0) is 8.36. The van der Waals surface area contributed by atoms with Crippen molar-refractivity contribution in [3.63, 3.8) is 0 Å². The second-order valence-corrected chi connectivity index (χ2v) is 3.90. The molecule has 0 N–H and O–H groups in total. The Hall–Kier alpha value is 0.680. The number of unbranched alkanes of at least 4 members (excludes halogenated alkanes) is 2. The monoisotopic (exact) mass is 284 g/mol. The van der Waals surface area contributed by atoms with Gasteiger partial charge in [0.05, 0.1) is 13.1 Å². The Morgan fingerprint density at radius 2 is 2.09 bits per heavy atom. The van der Waals surface area contributed by atoms with Gasteiger partial charge < -0.3 is 4.52 Å². The van der Waals surface area contributed by atoms with E-state index in [4.69, 9.17) is 4.52 Å². The molecule has 0 aliphatic rings. The molecule has 3 heteroatoms. The first-order valence-corrected chi connectivity index (χ1v) is 7.87. The summed E-state index contributed by atoms with van der Waals surface area (Å²) in [5, 5.41) is 0. The van der Waals surface area contributed by atoms with E-state index in [2.05, 4.69) is 40.8 Å². The van der Waals surface area contributed by atoms with Crippen molar-refractivity contribution in [3.05, 3.63) is 0 Å². The Balaban J connectivity index is 2.96. The van der Waals surface area contributed by atoms with Gasteiger partial charge in [0, 0.05) is 12.8 Å². The Labute approximate surface area is 84.0 Å². The van der Waals surface area contributed by atoms with Crippen LogP contribution in [0.3, 0.4) is 0 Å². The van der Waals surface area contributed by atoms with Crippen LogP contribution in [0, 0.1) is 11.8 Å². The molecule has 0 heterocycles. The molecule has 1 atom stereocenters. The highest BCUT2D eigenvalue weighted by molar-refractivity contribution is 14.2. The molecule has 11 heavy (non-hydrogen) atoms. The van der Waals surface area contributed by atoms with Crippen LogP contribution in [0.15, 0.2) is 0 Å². The summed E-state index contributed by atoms with van der Waals surface area (Å²) in [6.07, 6.45) is 4.27. The minimum Gasteiger partial charge on any atom is -0.352 e. The molecule has 0 aromatic rings. The summed E-state index contributed by atoms with van der Waals surface area (Å²) in [5.74, 6) is 6.22. The fourth-order valence-corrected chi connectivity index (χ4v) is 1.46. The van der Waals surface area contributed by atoms with Crippen LogP contribution >= 0.6 is 28.5 Å². The quantitative estimate of drug-likeness (QED) is 0.325. The van der Waals surface area contributed by atoms with Gasteiger partial charge in [-0.25, -0.2) is 0 Å². The van der Waals surface area contributed by atoms with E-state index in [1.165, 1.54) is 6.42 Å². The fraction of sp³-hybridized carbons (Fsp3) is 0.750. The fourth-order valence-electron chi connectivity index (χ4n) is 0.573. The summed E-state index contributed by atoms with van der Waals surface area (Å²) < 4.78 is 5.19. The molecule has 0 aliphatic heterocycles. The lowest BCUT2D eigenvalue weighted by Crippen LogP contribution is -1.81. The van der Waals surface area contributed by atoms with Crippen molar-refractivity contribution in [3.8, 4) is 11.8 Å². The van der Waals surface area contributed by atoms with E-state index in [1.807, 2.05) is 0 Å². The van der Waals surface area contributed by atoms with Crippen LogP contribution < -0.4 is 0 Å². The molecular formula is C8H14IOP. The SMILES string of the molecule is CCCC#CCCCOPI. The average Bonchev–Trinajstić information content (AvgIpc) is 2.03. The van der Waals surface area contributed by atoms with Gasteiger partial charge in [-0.15, -0.1) is 11.8 Å². The molecule has 0 fully saturated rings. The van der Waals surface area contributed by atoms with Gasteiger partial charge >= 0.3 is 0 Å². The third kappa shape index (κ3) is 10.7. The second-order valence-electron chi connectivity index (χ2n) is 2.13. The summed E-state index contributed by atoms with van der Waals surface area (Å²) in [5.41, 5.74) is 0. The Kier molecular flexibility index (Phi) is 11.3. The van der Waals surface area contributed by atoms with Gasteiger partial charge in [-0.05, 0) is 34.9 Å². The molecule has 0 rings (SSSR count). The van der Waals surface area contributed by atoms with Gasteiger partial charge in [0.15, 0.2) is 0 Å². The number of halogens is 1. The first-order valence-electron chi connectivity index (χ1n) is 3.85. The molecule has 0 aromatic carbocycles. The Morgan fingerprint density at radius 1 is 1.36 bits per heavy atom. The van der Waals surface area contributed by atoms with Crippen LogP contribution in [0.4, 0.5) is 0 Å². The van der Waals surface area contributed by atoms with Gasteiger partial charge in [-0.3, -0.25) is 0 Å². The van der Waals surface area contributed by atoms with E-state index in [0.29, 0.717) is 6.45 Å². The lowest BCUT2D eigenvalue weighted by atomic mass is 10.3. The lowest BCUT2D eigenvalue weighted by Gasteiger charge is -1.93. The van der Waals surface area contributed by atoms with Crippen molar-refractivity contribution >= 4 is 28.5 Å². The maximum absolute atomic E-state index is 5.19. The van der Waals surface area contributed by atoms with Crippen molar-refractivity contribution in [2.75, 3.05) is 6.61 Å². The maximum atomic E-state index is 5.19. The van der Waals surface area contributed by atoms with Crippen molar-refractivity contribution in [2.45, 2.75) is 32.6 Å². The van der Waals surface area contributed by atoms with Crippen LogP contribution in [0.5, 0.6) is 0 Å². The largest absolute Gasteiger partial charge is 0.352 e. The average molecular weight is 284 g/mol. The molecule has 1 unspecified atom stereocenters. The van der Waals surface area contributed by atoms with E-state index < -0.39 is 0 Å². The van der Waals surface area contributed by atoms with Crippen molar-refractivity contribution in [2.24, 2.45) is 0 Å². The smallest absolute Gasteiger partial charge is 0.0793 e. The molecule has 0 spiro atoms. The van der Waals surface area contributed by atoms with Crippen LogP contribution in [0.2, 0.25) is 0 Å². The molecule has 0 radical (unpaired) electrons. The molecule has 1 nitrogen and oxygen atoms in total.